The average Bonchev–Trinajstić information content (AvgIpc) is 3.76. The molecule has 3 aliphatic rings. The number of benzene rings is 9. The molecule has 3 aliphatic carbocycles. The summed E-state index contributed by atoms with van der Waals surface area (Å²) in [6.45, 7) is 0. The predicted octanol–water partition coefficient (Wildman–Crippen LogP) is 12.8. The average molecular weight is 617 g/mol. The first kappa shape index (κ1) is 25.8. The lowest BCUT2D eigenvalue weighted by atomic mass is 9.70. The summed E-state index contributed by atoms with van der Waals surface area (Å²) in [5, 5.41) is 7.85. The Bertz CT molecular complexity index is 2860. The molecule has 9 aromatic rings. The molecule has 0 fully saturated rings. The quantitative estimate of drug-likeness (QED) is 0.172. The minimum Gasteiger partial charge on any atom is -0.0619 e. The Morgan fingerprint density at radius 1 is 0.286 bits per heavy atom. The second kappa shape index (κ2) is 9.01. The maximum Gasteiger partial charge on any atom is 0.0725 e. The van der Waals surface area contributed by atoms with Crippen molar-refractivity contribution < 1.29 is 0 Å². The van der Waals surface area contributed by atoms with Crippen molar-refractivity contribution in [2.45, 2.75) is 5.41 Å². The molecule has 224 valence electrons. The zero-order valence-electron chi connectivity index (χ0n) is 26.7. The van der Waals surface area contributed by atoms with Crippen molar-refractivity contribution in [3.63, 3.8) is 0 Å². The molecule has 1 spiro atoms. The summed E-state index contributed by atoms with van der Waals surface area (Å²) >= 11 is 0. The van der Waals surface area contributed by atoms with Crippen molar-refractivity contribution in [3.8, 4) is 55.6 Å². The summed E-state index contributed by atoms with van der Waals surface area (Å²) in [6, 6.07) is 64.3. The first-order valence-corrected chi connectivity index (χ1v) is 17.3. The van der Waals surface area contributed by atoms with E-state index in [9.17, 15) is 0 Å². The Kier molecular flexibility index (Phi) is 4.74. The van der Waals surface area contributed by atoms with Crippen molar-refractivity contribution in [1.29, 1.82) is 0 Å². The van der Waals surface area contributed by atoms with Crippen LogP contribution in [0.4, 0.5) is 0 Å². The van der Waals surface area contributed by atoms with Gasteiger partial charge in [-0.25, -0.2) is 0 Å². The van der Waals surface area contributed by atoms with Crippen LogP contribution < -0.4 is 0 Å². The smallest absolute Gasteiger partial charge is 0.0619 e. The maximum atomic E-state index is 2.53. The zero-order valence-corrected chi connectivity index (χ0v) is 26.7. The van der Waals surface area contributed by atoms with Gasteiger partial charge in [0.15, 0.2) is 0 Å². The summed E-state index contributed by atoms with van der Waals surface area (Å²) in [6.07, 6.45) is 0. The first-order valence-electron chi connectivity index (χ1n) is 17.3. The fourth-order valence-electron chi connectivity index (χ4n) is 9.88. The third kappa shape index (κ3) is 3.07. The van der Waals surface area contributed by atoms with Gasteiger partial charge < -0.3 is 0 Å². The van der Waals surface area contributed by atoms with Gasteiger partial charge in [0.05, 0.1) is 5.41 Å². The van der Waals surface area contributed by atoms with Gasteiger partial charge in [-0.15, -0.1) is 0 Å². The summed E-state index contributed by atoms with van der Waals surface area (Å²) < 4.78 is 0. The van der Waals surface area contributed by atoms with Gasteiger partial charge >= 0.3 is 0 Å². The van der Waals surface area contributed by atoms with Crippen LogP contribution in [0, 0.1) is 0 Å². The number of rotatable bonds is 1. The Morgan fingerprint density at radius 2 is 0.898 bits per heavy atom. The topological polar surface area (TPSA) is 0 Å². The van der Waals surface area contributed by atoms with E-state index in [-0.39, 0.29) is 5.41 Å². The first-order chi connectivity index (χ1) is 24.3. The minimum atomic E-state index is -0.375. The Morgan fingerprint density at radius 3 is 1.69 bits per heavy atom. The number of hydrogen-bond acceptors (Lipinski definition) is 0. The van der Waals surface area contributed by atoms with E-state index in [0.717, 1.165) is 0 Å². The van der Waals surface area contributed by atoms with Gasteiger partial charge in [0.1, 0.15) is 0 Å². The molecule has 0 heterocycles. The van der Waals surface area contributed by atoms with E-state index >= 15 is 0 Å². The van der Waals surface area contributed by atoms with E-state index in [2.05, 4.69) is 170 Å². The van der Waals surface area contributed by atoms with Gasteiger partial charge in [0.25, 0.3) is 0 Å². The molecule has 0 heteroatoms. The lowest BCUT2D eigenvalue weighted by Gasteiger charge is -2.30. The SMILES string of the molecule is c1ccc2c(c1)-c1cccc3c(-c4ccc5cc6c(cc5c4)C4(c5ccccc5-c5ccccc54)c4ccc5ccccc5c4-6)ccc-2c13. The van der Waals surface area contributed by atoms with Crippen LogP contribution in [-0.2, 0) is 5.41 Å². The van der Waals surface area contributed by atoms with Gasteiger partial charge in [-0.1, -0.05) is 152 Å². The molecule has 0 aromatic heterocycles. The van der Waals surface area contributed by atoms with Crippen molar-refractivity contribution in [3.05, 3.63) is 192 Å². The normalized spacial score (nSPS) is 13.9. The molecule has 0 bridgehead atoms. The molecule has 0 N–H and O–H groups in total. The highest BCUT2D eigenvalue weighted by atomic mass is 14.5. The Labute approximate surface area is 284 Å². The molecule has 0 unspecified atom stereocenters. The monoisotopic (exact) mass is 616 g/mol. The molecule has 49 heavy (non-hydrogen) atoms. The molecule has 0 saturated carbocycles. The van der Waals surface area contributed by atoms with Crippen LogP contribution in [-0.4, -0.2) is 0 Å². The predicted molar refractivity (Wildman–Crippen MR) is 205 cm³/mol. The number of fused-ring (bicyclic) bond motifs is 16. The molecule has 0 aliphatic heterocycles. The van der Waals surface area contributed by atoms with Crippen molar-refractivity contribution >= 4 is 32.3 Å². The van der Waals surface area contributed by atoms with Crippen molar-refractivity contribution in [1.82, 2.24) is 0 Å². The van der Waals surface area contributed by atoms with E-state index < -0.39 is 0 Å². The number of hydrogen-bond donors (Lipinski definition) is 0. The second-order valence-corrected chi connectivity index (χ2v) is 13.9. The van der Waals surface area contributed by atoms with E-state index in [1.807, 2.05) is 0 Å². The summed E-state index contributed by atoms with van der Waals surface area (Å²) in [4.78, 5) is 0. The highest BCUT2D eigenvalue weighted by Crippen LogP contribution is 2.64. The highest BCUT2D eigenvalue weighted by molar-refractivity contribution is 6.19. The summed E-state index contributed by atoms with van der Waals surface area (Å²) in [7, 11) is 0. The zero-order chi connectivity index (χ0) is 31.8. The van der Waals surface area contributed by atoms with Crippen molar-refractivity contribution in [2.24, 2.45) is 0 Å². The molecule has 9 aromatic carbocycles. The van der Waals surface area contributed by atoms with Gasteiger partial charge in [0, 0.05) is 0 Å². The van der Waals surface area contributed by atoms with Crippen LogP contribution in [0.25, 0.3) is 88.0 Å². The highest BCUT2D eigenvalue weighted by Gasteiger charge is 2.52. The van der Waals surface area contributed by atoms with Gasteiger partial charge in [-0.05, 0) is 128 Å². The Balaban J connectivity index is 1.16. The Hall–Kier alpha value is -6.24. The van der Waals surface area contributed by atoms with Crippen LogP contribution in [0.1, 0.15) is 22.3 Å². The standard InChI is InChI=1S/C49H28/c1-2-11-34-29(10-1)22-25-45-48(34)42-27-30-20-21-31(33-23-24-41-36-13-4-3-12-35(36)40-17-9-16-39(33)47(40)41)26-32(30)28-46(42)49(45)43-18-7-5-14-37(43)38-15-6-8-19-44(38)49/h1-28H. The fourth-order valence-corrected chi connectivity index (χ4v) is 9.88. The van der Waals surface area contributed by atoms with Crippen LogP contribution >= 0.6 is 0 Å². The van der Waals surface area contributed by atoms with Gasteiger partial charge in [-0.2, -0.15) is 0 Å². The van der Waals surface area contributed by atoms with Crippen LogP contribution in [0.3, 0.4) is 0 Å². The van der Waals surface area contributed by atoms with E-state index in [4.69, 9.17) is 0 Å². The molecular weight excluding hydrogens is 589 g/mol. The molecule has 0 amide bonds. The van der Waals surface area contributed by atoms with Gasteiger partial charge in [0.2, 0.25) is 0 Å². The van der Waals surface area contributed by atoms with E-state index in [1.54, 1.807) is 0 Å². The molecule has 0 saturated heterocycles. The molecular formula is C49H28. The molecule has 0 radical (unpaired) electrons. The van der Waals surface area contributed by atoms with Crippen molar-refractivity contribution in [2.75, 3.05) is 0 Å². The minimum absolute atomic E-state index is 0.375. The summed E-state index contributed by atoms with van der Waals surface area (Å²) in [5.41, 5.74) is 18.5. The molecule has 0 nitrogen and oxygen atoms in total. The molecule has 0 atom stereocenters. The lowest BCUT2D eigenvalue weighted by Crippen LogP contribution is -2.25. The molecule has 12 rings (SSSR count). The third-order valence-corrected chi connectivity index (χ3v) is 11.8. The van der Waals surface area contributed by atoms with Gasteiger partial charge in [-0.3, -0.25) is 0 Å². The second-order valence-electron chi connectivity index (χ2n) is 13.9. The largest absolute Gasteiger partial charge is 0.0725 e. The summed E-state index contributed by atoms with van der Waals surface area (Å²) in [5.74, 6) is 0. The maximum absolute atomic E-state index is 2.53. The van der Waals surface area contributed by atoms with Crippen LogP contribution in [0.15, 0.2) is 170 Å². The van der Waals surface area contributed by atoms with E-state index in [1.165, 1.54) is 110 Å². The third-order valence-electron chi connectivity index (χ3n) is 11.8. The van der Waals surface area contributed by atoms with E-state index in [0.29, 0.717) is 0 Å². The lowest BCUT2D eigenvalue weighted by molar-refractivity contribution is 0.795. The van der Waals surface area contributed by atoms with Crippen LogP contribution in [0.5, 0.6) is 0 Å². The van der Waals surface area contributed by atoms with Crippen LogP contribution in [0.2, 0.25) is 0 Å². The fraction of sp³-hybridized carbons (Fsp3) is 0.0204.